The van der Waals surface area contributed by atoms with Gasteiger partial charge in [-0.3, -0.25) is 4.90 Å². The average Bonchev–Trinajstić information content (AvgIpc) is 3.16. The van der Waals surface area contributed by atoms with Crippen molar-refractivity contribution in [1.82, 2.24) is 4.90 Å². The molecule has 0 radical (unpaired) electrons. The number of hydrogen-bond acceptors (Lipinski definition) is 3. The van der Waals surface area contributed by atoms with E-state index in [1.54, 1.807) is 0 Å². The van der Waals surface area contributed by atoms with E-state index in [2.05, 4.69) is 52.3 Å². The quantitative estimate of drug-likeness (QED) is 0.426. The smallest absolute Gasteiger partial charge is 0.143 e. The van der Waals surface area contributed by atoms with Crippen LogP contribution in [0.5, 0.6) is 5.75 Å². The topological polar surface area (TPSA) is 15.7 Å². The predicted octanol–water partition coefficient (Wildman–Crippen LogP) is 6.73. The molecular formula is C26H26Cl2N2O. The number of hydrogen-bond donors (Lipinski definition) is 0. The van der Waals surface area contributed by atoms with Crippen molar-refractivity contribution in [2.75, 3.05) is 24.5 Å². The van der Waals surface area contributed by atoms with Crippen molar-refractivity contribution in [3.63, 3.8) is 0 Å². The Morgan fingerprint density at radius 2 is 1.77 bits per heavy atom. The molecule has 0 spiro atoms. The molecule has 0 N–H and O–H groups in total. The molecule has 1 saturated heterocycles. The van der Waals surface area contributed by atoms with Crippen LogP contribution in [0.4, 0.5) is 11.4 Å². The average molecular weight is 453 g/mol. The zero-order valence-corrected chi connectivity index (χ0v) is 18.9. The zero-order chi connectivity index (χ0) is 21.2. The van der Waals surface area contributed by atoms with Crippen LogP contribution in [0.1, 0.15) is 24.0 Å². The molecule has 5 heteroatoms. The number of para-hydroxylation sites is 2. The minimum atomic E-state index is 0.483. The maximum Gasteiger partial charge on any atom is 0.143 e. The first-order valence-electron chi connectivity index (χ1n) is 10.9. The van der Waals surface area contributed by atoms with Crippen LogP contribution in [0.3, 0.4) is 0 Å². The van der Waals surface area contributed by atoms with E-state index >= 15 is 0 Å². The second-order valence-corrected chi connectivity index (χ2v) is 9.22. The van der Waals surface area contributed by atoms with E-state index in [1.807, 2.05) is 24.3 Å². The summed E-state index contributed by atoms with van der Waals surface area (Å²) >= 11 is 12.6. The first-order valence-corrected chi connectivity index (χ1v) is 11.7. The highest BCUT2D eigenvalue weighted by Gasteiger charge is 2.30. The van der Waals surface area contributed by atoms with Crippen molar-refractivity contribution in [2.24, 2.45) is 0 Å². The Labute approximate surface area is 194 Å². The first-order chi connectivity index (χ1) is 15.2. The van der Waals surface area contributed by atoms with Crippen LogP contribution in [0, 0.1) is 0 Å². The molecule has 0 bridgehead atoms. The summed E-state index contributed by atoms with van der Waals surface area (Å²) in [4.78, 5) is 5.03. The molecule has 3 aromatic rings. The second-order valence-electron chi connectivity index (χ2n) is 8.35. The number of fused-ring (bicyclic) bond motifs is 2. The van der Waals surface area contributed by atoms with Crippen LogP contribution in [-0.2, 0) is 13.0 Å². The van der Waals surface area contributed by atoms with Crippen molar-refractivity contribution in [3.8, 4) is 5.75 Å². The molecule has 0 aromatic heterocycles. The molecule has 31 heavy (non-hydrogen) atoms. The highest BCUT2D eigenvalue weighted by atomic mass is 35.5. The number of ether oxygens (including phenoxy) is 1. The lowest BCUT2D eigenvalue weighted by Crippen LogP contribution is -2.39. The van der Waals surface area contributed by atoms with Crippen LogP contribution in [0.2, 0.25) is 10.0 Å². The van der Waals surface area contributed by atoms with Gasteiger partial charge < -0.3 is 9.64 Å². The third-order valence-corrected chi connectivity index (χ3v) is 6.82. The largest absolute Gasteiger partial charge is 0.487 e. The number of benzene rings is 3. The van der Waals surface area contributed by atoms with Crippen molar-refractivity contribution in [2.45, 2.75) is 31.9 Å². The number of likely N-dealkylation sites (tertiary alicyclic amines) is 1. The summed E-state index contributed by atoms with van der Waals surface area (Å²) in [7, 11) is 0. The van der Waals surface area contributed by atoms with Gasteiger partial charge in [0.2, 0.25) is 0 Å². The highest BCUT2D eigenvalue weighted by molar-refractivity contribution is 6.31. The SMILES string of the molecule is Clc1cccc(CCN2CCCC2CN2c3cc(Cl)ccc3COc3ccccc32)c1. The van der Waals surface area contributed by atoms with Gasteiger partial charge in [0, 0.05) is 40.4 Å². The molecule has 1 fully saturated rings. The fourth-order valence-electron chi connectivity index (χ4n) is 4.77. The maximum atomic E-state index is 6.41. The van der Waals surface area contributed by atoms with Crippen molar-refractivity contribution in [3.05, 3.63) is 87.9 Å². The lowest BCUT2D eigenvalue weighted by Gasteiger charge is -2.33. The summed E-state index contributed by atoms with van der Waals surface area (Å²) in [6, 6.07) is 23.1. The van der Waals surface area contributed by atoms with Gasteiger partial charge in [-0.25, -0.2) is 0 Å². The molecule has 2 heterocycles. The Morgan fingerprint density at radius 1 is 0.903 bits per heavy atom. The number of nitrogens with zero attached hydrogens (tertiary/aromatic N) is 2. The highest BCUT2D eigenvalue weighted by Crippen LogP contribution is 2.41. The summed E-state index contributed by atoms with van der Waals surface area (Å²) in [6.45, 7) is 3.66. The van der Waals surface area contributed by atoms with Gasteiger partial charge in [-0.15, -0.1) is 0 Å². The van der Waals surface area contributed by atoms with E-state index in [1.165, 1.54) is 24.0 Å². The molecule has 2 aliphatic rings. The van der Waals surface area contributed by atoms with Crippen LogP contribution < -0.4 is 9.64 Å². The lowest BCUT2D eigenvalue weighted by molar-refractivity contribution is 0.261. The van der Waals surface area contributed by atoms with E-state index < -0.39 is 0 Å². The minimum absolute atomic E-state index is 0.483. The maximum absolute atomic E-state index is 6.41. The minimum Gasteiger partial charge on any atom is -0.487 e. The van der Waals surface area contributed by atoms with Gasteiger partial charge in [0.05, 0.1) is 5.69 Å². The molecule has 5 rings (SSSR count). The molecule has 0 saturated carbocycles. The van der Waals surface area contributed by atoms with E-state index in [0.29, 0.717) is 12.6 Å². The molecule has 3 aromatic carbocycles. The third kappa shape index (κ3) is 4.55. The second kappa shape index (κ2) is 9.12. The fraction of sp³-hybridized carbons (Fsp3) is 0.308. The predicted molar refractivity (Wildman–Crippen MR) is 129 cm³/mol. The monoisotopic (exact) mass is 452 g/mol. The molecule has 0 aliphatic carbocycles. The Kier molecular flexibility index (Phi) is 6.08. The molecule has 2 aliphatic heterocycles. The summed E-state index contributed by atoms with van der Waals surface area (Å²) in [5.41, 5.74) is 4.73. The third-order valence-electron chi connectivity index (χ3n) is 6.35. The molecular weight excluding hydrogens is 427 g/mol. The van der Waals surface area contributed by atoms with Gasteiger partial charge >= 0.3 is 0 Å². The van der Waals surface area contributed by atoms with Gasteiger partial charge in [0.25, 0.3) is 0 Å². The number of rotatable bonds is 5. The van der Waals surface area contributed by atoms with Crippen molar-refractivity contribution >= 4 is 34.6 Å². The van der Waals surface area contributed by atoms with E-state index in [4.69, 9.17) is 27.9 Å². The van der Waals surface area contributed by atoms with E-state index in [-0.39, 0.29) is 0 Å². The van der Waals surface area contributed by atoms with E-state index in [0.717, 1.165) is 53.2 Å². The van der Waals surface area contributed by atoms with Crippen molar-refractivity contribution < 1.29 is 4.74 Å². The van der Waals surface area contributed by atoms with Crippen molar-refractivity contribution in [1.29, 1.82) is 0 Å². The van der Waals surface area contributed by atoms with Gasteiger partial charge in [0.1, 0.15) is 12.4 Å². The number of anilines is 2. The summed E-state index contributed by atoms with van der Waals surface area (Å²) in [5.74, 6) is 0.929. The van der Waals surface area contributed by atoms with Crippen LogP contribution in [0.15, 0.2) is 66.7 Å². The van der Waals surface area contributed by atoms with Crippen LogP contribution in [-0.4, -0.2) is 30.6 Å². The standard InChI is InChI=1S/C26H26Cl2N2O/c27-21-6-3-5-19(15-21)12-14-29-13-4-7-23(29)17-30-24-8-1-2-9-26(24)31-18-20-10-11-22(28)16-25(20)30/h1-3,5-6,8-11,15-16,23H,4,7,12-14,17-18H2. The Bertz CT molecular complexity index is 1070. The van der Waals surface area contributed by atoms with Gasteiger partial charge in [-0.1, -0.05) is 53.5 Å². The molecule has 1 atom stereocenters. The first kappa shape index (κ1) is 20.7. The lowest BCUT2D eigenvalue weighted by atomic mass is 10.1. The number of halogens is 2. The Balaban J connectivity index is 1.40. The van der Waals surface area contributed by atoms with Gasteiger partial charge in [0.15, 0.2) is 0 Å². The Hall–Kier alpha value is -2.20. The van der Waals surface area contributed by atoms with Crippen LogP contribution in [0.25, 0.3) is 0 Å². The summed E-state index contributed by atoms with van der Waals surface area (Å²) in [6.07, 6.45) is 3.44. The molecule has 0 amide bonds. The normalized spacial score (nSPS) is 18.3. The Morgan fingerprint density at radius 3 is 2.68 bits per heavy atom. The van der Waals surface area contributed by atoms with E-state index in [9.17, 15) is 0 Å². The van der Waals surface area contributed by atoms with Gasteiger partial charge in [-0.2, -0.15) is 0 Å². The molecule has 160 valence electrons. The molecule has 3 nitrogen and oxygen atoms in total. The summed E-state index contributed by atoms with van der Waals surface area (Å²) < 4.78 is 6.14. The molecule has 1 unspecified atom stereocenters. The summed E-state index contributed by atoms with van der Waals surface area (Å²) in [5, 5.41) is 1.57. The zero-order valence-electron chi connectivity index (χ0n) is 17.4. The van der Waals surface area contributed by atoms with Gasteiger partial charge in [-0.05, 0) is 67.8 Å². The fourth-order valence-corrected chi connectivity index (χ4v) is 5.15. The van der Waals surface area contributed by atoms with Crippen LogP contribution >= 0.6 is 23.2 Å².